The van der Waals surface area contributed by atoms with E-state index in [1.165, 1.54) is 34.7 Å². The Labute approximate surface area is 207 Å². The summed E-state index contributed by atoms with van der Waals surface area (Å²) in [6, 6.07) is 21.1. The number of amides is 2. The molecule has 1 aliphatic carbocycles. The van der Waals surface area contributed by atoms with Crippen molar-refractivity contribution in [2.45, 2.75) is 25.2 Å². The van der Waals surface area contributed by atoms with Gasteiger partial charge in [0.25, 0.3) is 0 Å². The molecule has 2 aliphatic rings. The Hall–Kier alpha value is -4.13. The smallest absolute Gasteiger partial charge is 0.338 e. The highest BCUT2D eigenvalue weighted by Crippen LogP contribution is 2.45. The predicted molar refractivity (Wildman–Crippen MR) is 130 cm³/mol. The molecule has 3 atom stereocenters. The molecular weight excluding hydrogens is 461 g/mol. The summed E-state index contributed by atoms with van der Waals surface area (Å²) in [7, 11) is 0. The van der Waals surface area contributed by atoms with Gasteiger partial charge in [0.15, 0.2) is 12.4 Å². The lowest BCUT2D eigenvalue weighted by Gasteiger charge is -2.28. The first-order valence-electron chi connectivity index (χ1n) is 11.9. The molecule has 182 valence electrons. The molecule has 5 rings (SSSR count). The van der Waals surface area contributed by atoms with Crippen molar-refractivity contribution in [3.05, 3.63) is 101 Å². The van der Waals surface area contributed by atoms with E-state index in [0.29, 0.717) is 18.5 Å². The molecule has 3 aromatic rings. The minimum Gasteiger partial charge on any atom is -0.454 e. The van der Waals surface area contributed by atoms with Crippen LogP contribution in [0.15, 0.2) is 78.9 Å². The fourth-order valence-corrected chi connectivity index (χ4v) is 5.17. The third kappa shape index (κ3) is 4.56. The van der Waals surface area contributed by atoms with Gasteiger partial charge in [-0.25, -0.2) is 9.18 Å². The lowest BCUT2D eigenvalue weighted by molar-refractivity contribution is -0.122. The van der Waals surface area contributed by atoms with Gasteiger partial charge in [0, 0.05) is 5.56 Å². The van der Waals surface area contributed by atoms with Crippen molar-refractivity contribution in [3.8, 4) is 0 Å². The van der Waals surface area contributed by atoms with Gasteiger partial charge in [-0.2, -0.15) is 0 Å². The summed E-state index contributed by atoms with van der Waals surface area (Å²) in [6.45, 7) is -0.513. The lowest BCUT2D eigenvalue weighted by atomic mass is 9.73. The van der Waals surface area contributed by atoms with Crippen molar-refractivity contribution in [3.63, 3.8) is 0 Å². The normalized spacial score (nSPS) is 21.2. The minimum absolute atomic E-state index is 0.122. The highest BCUT2D eigenvalue weighted by molar-refractivity contribution is 6.22. The van der Waals surface area contributed by atoms with E-state index in [1.807, 2.05) is 18.2 Å². The molecule has 1 heterocycles. The van der Waals surface area contributed by atoms with Crippen LogP contribution in [0.5, 0.6) is 0 Å². The molecule has 2 amide bonds. The largest absolute Gasteiger partial charge is 0.454 e. The molecule has 1 saturated carbocycles. The van der Waals surface area contributed by atoms with E-state index in [1.54, 1.807) is 12.1 Å². The van der Waals surface area contributed by atoms with Gasteiger partial charge < -0.3 is 4.74 Å². The SMILES string of the molecule is O=C(COC(=O)c1cccc(N2C(=O)[C@H]3CC[C@@H](c4ccccc4)C[C@H]3C2=O)c1)c1ccc(F)cc1. The van der Waals surface area contributed by atoms with Crippen LogP contribution >= 0.6 is 0 Å². The van der Waals surface area contributed by atoms with Crippen molar-refractivity contribution >= 4 is 29.3 Å². The Morgan fingerprint density at radius 2 is 1.56 bits per heavy atom. The van der Waals surface area contributed by atoms with E-state index in [2.05, 4.69) is 12.1 Å². The van der Waals surface area contributed by atoms with Crippen LogP contribution < -0.4 is 4.90 Å². The third-order valence-electron chi connectivity index (χ3n) is 7.04. The van der Waals surface area contributed by atoms with E-state index in [0.717, 1.165) is 18.6 Å². The molecule has 0 N–H and O–H groups in total. The maximum absolute atomic E-state index is 13.3. The summed E-state index contributed by atoms with van der Waals surface area (Å²) < 4.78 is 18.2. The summed E-state index contributed by atoms with van der Waals surface area (Å²) in [6.07, 6.45) is 2.09. The van der Waals surface area contributed by atoms with Gasteiger partial charge in [-0.3, -0.25) is 19.3 Å². The molecule has 0 bridgehead atoms. The second-order valence-electron chi connectivity index (χ2n) is 9.20. The molecule has 0 unspecified atom stereocenters. The summed E-state index contributed by atoms with van der Waals surface area (Å²) in [5.41, 5.74) is 1.84. The highest BCUT2D eigenvalue weighted by Gasteiger charge is 2.50. The topological polar surface area (TPSA) is 80.8 Å². The van der Waals surface area contributed by atoms with Gasteiger partial charge in [0.2, 0.25) is 11.8 Å². The number of rotatable bonds is 6. The predicted octanol–water partition coefficient (Wildman–Crippen LogP) is 4.94. The number of hydrogen-bond acceptors (Lipinski definition) is 5. The fraction of sp³-hybridized carbons (Fsp3) is 0.241. The number of Topliss-reactive ketones (excluding diaryl/α,β-unsaturated/α-hetero) is 1. The second-order valence-corrected chi connectivity index (χ2v) is 9.20. The maximum Gasteiger partial charge on any atom is 0.338 e. The molecule has 0 aromatic heterocycles. The molecule has 0 spiro atoms. The number of anilines is 1. The standard InChI is InChI=1S/C29H24FNO5/c30-22-12-9-19(10-13-22)26(32)17-36-29(35)21-7-4-8-23(15-21)31-27(33)24-14-11-20(16-25(24)28(31)34)18-5-2-1-3-6-18/h1-10,12-13,15,20,24-25H,11,14,16-17H2/t20-,24+,25-/m1/s1. The quantitative estimate of drug-likeness (QED) is 0.281. The van der Waals surface area contributed by atoms with Gasteiger partial charge >= 0.3 is 5.97 Å². The lowest BCUT2D eigenvalue weighted by Crippen LogP contribution is -2.31. The zero-order chi connectivity index (χ0) is 25.2. The first-order valence-corrected chi connectivity index (χ1v) is 11.9. The number of benzene rings is 3. The molecule has 2 fully saturated rings. The number of nitrogens with zero attached hydrogens (tertiary/aromatic N) is 1. The van der Waals surface area contributed by atoms with Crippen LogP contribution in [0.2, 0.25) is 0 Å². The van der Waals surface area contributed by atoms with Crippen molar-refractivity contribution in [1.29, 1.82) is 0 Å². The molecule has 1 saturated heterocycles. The fourth-order valence-electron chi connectivity index (χ4n) is 5.17. The van der Waals surface area contributed by atoms with Gasteiger partial charge in [-0.15, -0.1) is 0 Å². The van der Waals surface area contributed by atoms with Crippen molar-refractivity contribution < 1.29 is 28.3 Å². The number of imide groups is 1. The first kappa shape index (κ1) is 23.6. The average Bonchev–Trinajstić information content (AvgIpc) is 3.17. The van der Waals surface area contributed by atoms with Crippen LogP contribution in [0.1, 0.15) is 51.5 Å². The van der Waals surface area contributed by atoms with Crippen LogP contribution in [0.3, 0.4) is 0 Å². The molecular formula is C29H24FNO5. The summed E-state index contributed by atoms with van der Waals surface area (Å²) in [5, 5.41) is 0. The van der Waals surface area contributed by atoms with Crippen LogP contribution in [0.25, 0.3) is 0 Å². The number of hydrogen-bond donors (Lipinski definition) is 0. The van der Waals surface area contributed by atoms with E-state index >= 15 is 0 Å². The summed E-state index contributed by atoms with van der Waals surface area (Å²) in [5.74, 6) is -2.71. The number of ether oxygens (including phenoxy) is 1. The summed E-state index contributed by atoms with van der Waals surface area (Å²) >= 11 is 0. The Balaban J connectivity index is 1.28. The van der Waals surface area contributed by atoms with E-state index in [9.17, 15) is 23.6 Å². The summed E-state index contributed by atoms with van der Waals surface area (Å²) in [4.78, 5) is 52.5. The highest BCUT2D eigenvalue weighted by atomic mass is 19.1. The number of carbonyl (C=O) groups is 4. The monoisotopic (exact) mass is 485 g/mol. The Morgan fingerprint density at radius 3 is 2.31 bits per heavy atom. The zero-order valence-electron chi connectivity index (χ0n) is 19.4. The van der Waals surface area contributed by atoms with E-state index in [-0.39, 0.29) is 40.7 Å². The maximum atomic E-state index is 13.3. The van der Waals surface area contributed by atoms with Crippen molar-refractivity contribution in [2.24, 2.45) is 11.8 Å². The van der Waals surface area contributed by atoms with E-state index in [4.69, 9.17) is 4.74 Å². The average molecular weight is 486 g/mol. The van der Waals surface area contributed by atoms with Gasteiger partial charge in [-0.05, 0) is 73.2 Å². The second kappa shape index (κ2) is 9.85. The van der Waals surface area contributed by atoms with Crippen LogP contribution in [-0.4, -0.2) is 30.2 Å². The van der Waals surface area contributed by atoms with Crippen LogP contribution in [0.4, 0.5) is 10.1 Å². The molecule has 0 radical (unpaired) electrons. The molecule has 7 heteroatoms. The number of carbonyl (C=O) groups excluding carboxylic acids is 4. The third-order valence-corrected chi connectivity index (χ3v) is 7.04. The van der Waals surface area contributed by atoms with E-state index < -0.39 is 24.2 Å². The molecule has 36 heavy (non-hydrogen) atoms. The Morgan fingerprint density at radius 1 is 0.833 bits per heavy atom. The van der Waals surface area contributed by atoms with Gasteiger partial charge in [0.1, 0.15) is 5.82 Å². The van der Waals surface area contributed by atoms with Gasteiger partial charge in [-0.1, -0.05) is 36.4 Å². The van der Waals surface area contributed by atoms with Gasteiger partial charge in [0.05, 0.1) is 23.1 Å². The molecule has 1 aliphatic heterocycles. The van der Waals surface area contributed by atoms with Crippen LogP contribution in [-0.2, 0) is 14.3 Å². The van der Waals surface area contributed by atoms with Crippen LogP contribution in [0, 0.1) is 17.7 Å². The number of ketones is 1. The van der Waals surface area contributed by atoms with Crippen molar-refractivity contribution in [1.82, 2.24) is 0 Å². The van der Waals surface area contributed by atoms with Crippen molar-refractivity contribution in [2.75, 3.05) is 11.5 Å². The zero-order valence-corrected chi connectivity index (χ0v) is 19.4. The number of halogens is 1. The molecule has 3 aromatic carbocycles. The Kier molecular flexibility index (Phi) is 6.46. The Bertz CT molecular complexity index is 1320. The minimum atomic E-state index is -0.757. The number of esters is 1. The first-order chi connectivity index (χ1) is 17.4. The number of fused-ring (bicyclic) bond motifs is 1. The molecule has 6 nitrogen and oxygen atoms in total.